The molecule has 0 bridgehead atoms. The van der Waals surface area contributed by atoms with Crippen LogP contribution in [0.5, 0.6) is 5.75 Å². The van der Waals surface area contributed by atoms with E-state index in [0.29, 0.717) is 12.4 Å². The van der Waals surface area contributed by atoms with Gasteiger partial charge in [0.1, 0.15) is 18.4 Å². The second-order valence-electron chi connectivity index (χ2n) is 6.92. The van der Waals surface area contributed by atoms with Crippen molar-refractivity contribution in [2.45, 2.75) is 26.5 Å². The topological polar surface area (TPSA) is 62.7 Å². The molecule has 30 heavy (non-hydrogen) atoms. The molecule has 1 unspecified atom stereocenters. The first kappa shape index (κ1) is 21.6. The first-order valence-corrected chi connectivity index (χ1v) is 10.4. The molecule has 0 fully saturated rings. The fourth-order valence-corrected chi connectivity index (χ4v) is 3.04. The normalized spacial score (nSPS) is 11.8. The maximum Gasteiger partial charge on any atom is 0.262 e. The Kier molecular flexibility index (Phi) is 7.63. The molecule has 3 rings (SSSR count). The molecule has 0 aliphatic carbocycles. The Morgan fingerprint density at radius 1 is 1.10 bits per heavy atom. The molecule has 3 aromatic carbocycles. The van der Waals surface area contributed by atoms with Crippen molar-refractivity contribution in [3.63, 3.8) is 0 Å². The number of hydrazone groups is 1. The quantitative estimate of drug-likeness (QED) is 0.351. The van der Waals surface area contributed by atoms with Crippen LogP contribution in [0.25, 0.3) is 0 Å². The van der Waals surface area contributed by atoms with E-state index in [0.717, 1.165) is 26.9 Å². The van der Waals surface area contributed by atoms with E-state index in [9.17, 15) is 4.79 Å². The molecule has 0 aliphatic rings. The maximum absolute atomic E-state index is 12.3. The lowest BCUT2D eigenvalue weighted by atomic mass is 10.2. The number of anilines is 1. The van der Waals surface area contributed by atoms with Gasteiger partial charge in [-0.15, -0.1) is 0 Å². The van der Waals surface area contributed by atoms with Gasteiger partial charge in [0.2, 0.25) is 0 Å². The standard InChI is InChI=1S/C24H24BrN3O2/c1-17-6-5-8-22(14-17)27-18(2)24(29)28-26-15-20-7-3-4-9-23(20)30-16-19-10-12-21(25)13-11-19/h3-15,18,27H,16H2,1-2H3,(H,28,29). The Bertz CT molecular complexity index is 1020. The number of rotatable bonds is 8. The van der Waals surface area contributed by atoms with Gasteiger partial charge in [0.15, 0.2) is 0 Å². The van der Waals surface area contributed by atoms with E-state index in [-0.39, 0.29) is 5.91 Å². The molecule has 1 atom stereocenters. The van der Waals surface area contributed by atoms with Gasteiger partial charge in [0.25, 0.3) is 5.91 Å². The molecule has 0 spiro atoms. The van der Waals surface area contributed by atoms with Gasteiger partial charge in [0, 0.05) is 15.7 Å². The summed E-state index contributed by atoms with van der Waals surface area (Å²) in [5.74, 6) is 0.477. The number of benzene rings is 3. The summed E-state index contributed by atoms with van der Waals surface area (Å²) in [6.45, 7) is 4.25. The van der Waals surface area contributed by atoms with Crippen LogP contribution in [0, 0.1) is 6.92 Å². The van der Waals surface area contributed by atoms with E-state index in [1.807, 2.05) is 79.7 Å². The van der Waals surface area contributed by atoms with Crippen molar-refractivity contribution in [1.29, 1.82) is 0 Å². The minimum atomic E-state index is -0.423. The third kappa shape index (κ3) is 6.46. The van der Waals surface area contributed by atoms with Crippen LogP contribution < -0.4 is 15.5 Å². The summed E-state index contributed by atoms with van der Waals surface area (Å²) >= 11 is 3.43. The average molecular weight is 466 g/mol. The molecule has 3 aromatic rings. The van der Waals surface area contributed by atoms with E-state index in [2.05, 4.69) is 31.8 Å². The minimum absolute atomic E-state index is 0.221. The average Bonchev–Trinajstić information content (AvgIpc) is 2.74. The third-order valence-corrected chi connectivity index (χ3v) is 4.93. The maximum atomic E-state index is 12.3. The summed E-state index contributed by atoms with van der Waals surface area (Å²) in [5.41, 5.74) is 6.46. The van der Waals surface area contributed by atoms with Gasteiger partial charge in [-0.1, -0.05) is 52.3 Å². The number of aryl methyl sites for hydroxylation is 1. The molecule has 0 saturated carbocycles. The Morgan fingerprint density at radius 3 is 2.63 bits per heavy atom. The van der Waals surface area contributed by atoms with E-state index in [1.165, 1.54) is 0 Å². The Labute approximate surface area is 185 Å². The molecule has 0 heterocycles. The molecule has 0 aliphatic heterocycles. The molecule has 0 radical (unpaired) electrons. The number of carbonyl (C=O) groups is 1. The third-order valence-electron chi connectivity index (χ3n) is 4.40. The van der Waals surface area contributed by atoms with Gasteiger partial charge in [-0.05, 0) is 61.4 Å². The lowest BCUT2D eigenvalue weighted by Gasteiger charge is -2.14. The highest BCUT2D eigenvalue weighted by Crippen LogP contribution is 2.18. The lowest BCUT2D eigenvalue weighted by molar-refractivity contribution is -0.121. The zero-order valence-electron chi connectivity index (χ0n) is 16.9. The van der Waals surface area contributed by atoms with Crippen molar-refractivity contribution in [2.24, 2.45) is 5.10 Å². The number of hydrogen-bond acceptors (Lipinski definition) is 4. The highest BCUT2D eigenvalue weighted by molar-refractivity contribution is 9.10. The van der Waals surface area contributed by atoms with Crippen LogP contribution in [-0.2, 0) is 11.4 Å². The van der Waals surface area contributed by atoms with Crippen molar-refractivity contribution >= 4 is 33.7 Å². The molecule has 6 heteroatoms. The summed E-state index contributed by atoms with van der Waals surface area (Å²) in [7, 11) is 0. The molecule has 5 nitrogen and oxygen atoms in total. The Balaban J connectivity index is 1.56. The van der Waals surface area contributed by atoms with Crippen LogP contribution in [-0.4, -0.2) is 18.2 Å². The van der Waals surface area contributed by atoms with Crippen molar-refractivity contribution in [1.82, 2.24) is 5.43 Å². The largest absolute Gasteiger partial charge is 0.488 e. The van der Waals surface area contributed by atoms with Gasteiger partial charge in [-0.25, -0.2) is 5.43 Å². The number of carbonyl (C=O) groups excluding carboxylic acids is 1. The number of nitrogens with one attached hydrogen (secondary N) is 2. The first-order valence-electron chi connectivity index (χ1n) is 9.63. The smallest absolute Gasteiger partial charge is 0.262 e. The number of para-hydroxylation sites is 1. The number of amides is 1. The summed E-state index contributed by atoms with van der Waals surface area (Å²) in [5, 5.41) is 7.27. The number of nitrogens with zero attached hydrogens (tertiary/aromatic N) is 1. The van der Waals surface area contributed by atoms with E-state index in [4.69, 9.17) is 4.74 Å². The van der Waals surface area contributed by atoms with Crippen LogP contribution in [0.1, 0.15) is 23.6 Å². The van der Waals surface area contributed by atoms with Gasteiger partial charge in [0.05, 0.1) is 6.21 Å². The molecule has 154 valence electrons. The first-order chi connectivity index (χ1) is 14.5. The van der Waals surface area contributed by atoms with Gasteiger partial charge >= 0.3 is 0 Å². The van der Waals surface area contributed by atoms with E-state index < -0.39 is 6.04 Å². The van der Waals surface area contributed by atoms with E-state index in [1.54, 1.807) is 13.1 Å². The highest BCUT2D eigenvalue weighted by Gasteiger charge is 2.11. The summed E-state index contributed by atoms with van der Waals surface area (Å²) < 4.78 is 6.96. The molecule has 2 N–H and O–H groups in total. The monoisotopic (exact) mass is 465 g/mol. The summed E-state index contributed by atoms with van der Waals surface area (Å²) in [6, 6.07) is 23.0. The van der Waals surface area contributed by atoms with Crippen molar-refractivity contribution in [3.05, 3.63) is 94.0 Å². The molecular formula is C24H24BrN3O2. The lowest BCUT2D eigenvalue weighted by Crippen LogP contribution is -2.34. The number of halogens is 1. The summed E-state index contributed by atoms with van der Waals surface area (Å²) in [4.78, 5) is 12.3. The highest BCUT2D eigenvalue weighted by atomic mass is 79.9. The fraction of sp³-hybridized carbons (Fsp3) is 0.167. The zero-order valence-corrected chi connectivity index (χ0v) is 18.5. The molecule has 0 aromatic heterocycles. The van der Waals surface area contributed by atoms with Crippen LogP contribution in [0.4, 0.5) is 5.69 Å². The zero-order chi connectivity index (χ0) is 21.3. The van der Waals surface area contributed by atoms with Crippen LogP contribution in [0.2, 0.25) is 0 Å². The van der Waals surface area contributed by atoms with Gasteiger partial charge < -0.3 is 10.1 Å². The minimum Gasteiger partial charge on any atom is -0.488 e. The Morgan fingerprint density at radius 2 is 1.87 bits per heavy atom. The number of ether oxygens (including phenoxy) is 1. The SMILES string of the molecule is Cc1cccc(NC(C)C(=O)NN=Cc2ccccc2OCc2ccc(Br)cc2)c1. The predicted molar refractivity (Wildman–Crippen MR) is 125 cm³/mol. The van der Waals surface area contributed by atoms with Gasteiger partial charge in [-0.3, -0.25) is 4.79 Å². The second kappa shape index (κ2) is 10.6. The fourth-order valence-electron chi connectivity index (χ4n) is 2.77. The number of hydrogen-bond donors (Lipinski definition) is 2. The predicted octanol–water partition coefficient (Wildman–Crippen LogP) is 5.29. The Hall–Kier alpha value is -3.12. The van der Waals surface area contributed by atoms with Crippen LogP contribution >= 0.6 is 15.9 Å². The van der Waals surface area contributed by atoms with Gasteiger partial charge in [-0.2, -0.15) is 5.10 Å². The molecule has 0 saturated heterocycles. The van der Waals surface area contributed by atoms with Crippen LogP contribution in [0.3, 0.4) is 0 Å². The van der Waals surface area contributed by atoms with Crippen molar-refractivity contribution in [3.8, 4) is 5.75 Å². The molecule has 1 amide bonds. The molecular weight excluding hydrogens is 442 g/mol. The van der Waals surface area contributed by atoms with Crippen molar-refractivity contribution in [2.75, 3.05) is 5.32 Å². The van der Waals surface area contributed by atoms with Crippen LogP contribution in [0.15, 0.2) is 82.4 Å². The van der Waals surface area contributed by atoms with Crippen molar-refractivity contribution < 1.29 is 9.53 Å². The second-order valence-corrected chi connectivity index (χ2v) is 7.84. The summed E-state index contributed by atoms with van der Waals surface area (Å²) in [6.07, 6.45) is 1.59. The van der Waals surface area contributed by atoms with E-state index >= 15 is 0 Å².